The SMILES string of the molecule is CC(Oc1ccc(Br)cc1)C(=O)O/N=C(\N)c1ccc(Cl)cc1. The Morgan fingerprint density at radius 3 is 2.39 bits per heavy atom. The topological polar surface area (TPSA) is 73.9 Å². The molecule has 2 aromatic carbocycles. The number of hydrogen-bond acceptors (Lipinski definition) is 4. The Morgan fingerprint density at radius 1 is 1.17 bits per heavy atom. The molecule has 0 spiro atoms. The Hall–Kier alpha value is -2.05. The summed E-state index contributed by atoms with van der Waals surface area (Å²) < 4.78 is 6.38. The first kappa shape index (κ1) is 17.3. The van der Waals surface area contributed by atoms with Crippen molar-refractivity contribution in [2.75, 3.05) is 0 Å². The molecule has 0 bridgehead atoms. The molecule has 0 saturated carbocycles. The van der Waals surface area contributed by atoms with Crippen LogP contribution in [0.1, 0.15) is 12.5 Å². The minimum absolute atomic E-state index is 0.0749. The minimum Gasteiger partial charge on any atom is -0.479 e. The molecule has 0 saturated heterocycles. The third kappa shape index (κ3) is 5.26. The third-order valence-corrected chi connectivity index (χ3v) is 3.61. The summed E-state index contributed by atoms with van der Waals surface area (Å²) in [6, 6.07) is 13.8. The summed E-state index contributed by atoms with van der Waals surface area (Å²) in [4.78, 5) is 16.7. The smallest absolute Gasteiger partial charge is 0.374 e. The van der Waals surface area contributed by atoms with Crippen LogP contribution in [-0.2, 0) is 9.63 Å². The molecule has 2 rings (SSSR count). The van der Waals surface area contributed by atoms with E-state index < -0.39 is 12.1 Å². The number of oxime groups is 1. The van der Waals surface area contributed by atoms with Gasteiger partial charge in [-0.25, -0.2) is 4.79 Å². The van der Waals surface area contributed by atoms with Gasteiger partial charge in [-0.3, -0.25) is 0 Å². The van der Waals surface area contributed by atoms with Gasteiger partial charge in [-0.2, -0.15) is 0 Å². The van der Waals surface area contributed by atoms with Crippen molar-refractivity contribution >= 4 is 39.3 Å². The van der Waals surface area contributed by atoms with Gasteiger partial charge in [0.15, 0.2) is 11.9 Å². The van der Waals surface area contributed by atoms with E-state index in [1.165, 1.54) is 0 Å². The molecule has 0 radical (unpaired) electrons. The fraction of sp³-hybridized carbons (Fsp3) is 0.125. The lowest BCUT2D eigenvalue weighted by atomic mass is 10.2. The highest BCUT2D eigenvalue weighted by Gasteiger charge is 2.17. The van der Waals surface area contributed by atoms with Gasteiger partial charge >= 0.3 is 5.97 Å². The molecule has 0 aliphatic rings. The average Bonchev–Trinajstić information content (AvgIpc) is 2.55. The van der Waals surface area contributed by atoms with Crippen LogP contribution in [0.5, 0.6) is 5.75 Å². The number of nitrogens with zero attached hydrogens (tertiary/aromatic N) is 1. The Labute approximate surface area is 147 Å². The highest BCUT2D eigenvalue weighted by molar-refractivity contribution is 9.10. The standard InChI is InChI=1S/C16H14BrClN2O3/c1-10(22-14-8-4-12(17)5-9-14)16(21)23-20-15(19)11-2-6-13(18)7-3-11/h2-10H,1H3,(H2,19,20). The molecule has 0 amide bonds. The van der Waals surface area contributed by atoms with E-state index in [1.54, 1.807) is 43.3 Å². The number of rotatable bonds is 5. The average molecular weight is 398 g/mol. The number of halogens is 2. The lowest BCUT2D eigenvalue weighted by Crippen LogP contribution is -2.26. The molecule has 5 nitrogen and oxygen atoms in total. The summed E-state index contributed by atoms with van der Waals surface area (Å²) in [5.74, 6) is -0.0250. The zero-order valence-electron chi connectivity index (χ0n) is 12.2. The lowest BCUT2D eigenvalue weighted by molar-refractivity contribution is -0.151. The molecule has 0 aliphatic carbocycles. The van der Waals surface area contributed by atoms with E-state index in [9.17, 15) is 4.79 Å². The first-order chi connectivity index (χ1) is 11.0. The van der Waals surface area contributed by atoms with Gasteiger partial charge in [-0.1, -0.05) is 32.7 Å². The van der Waals surface area contributed by atoms with Crippen LogP contribution in [0.4, 0.5) is 0 Å². The van der Waals surface area contributed by atoms with Gasteiger partial charge in [-0.05, 0) is 55.5 Å². The monoisotopic (exact) mass is 396 g/mol. The highest BCUT2D eigenvalue weighted by Crippen LogP contribution is 2.17. The number of ether oxygens (including phenoxy) is 1. The second-order valence-electron chi connectivity index (χ2n) is 4.61. The van der Waals surface area contributed by atoms with Crippen molar-refractivity contribution in [3.8, 4) is 5.75 Å². The number of carbonyl (C=O) groups is 1. The molecule has 1 unspecified atom stereocenters. The Balaban J connectivity index is 1.93. The van der Waals surface area contributed by atoms with Gasteiger partial charge in [0.1, 0.15) is 5.75 Å². The zero-order valence-corrected chi connectivity index (χ0v) is 14.5. The number of amidine groups is 1. The maximum Gasteiger partial charge on any atom is 0.374 e. The molecule has 2 aromatic rings. The van der Waals surface area contributed by atoms with E-state index in [0.717, 1.165) is 4.47 Å². The predicted octanol–water partition coefficient (Wildman–Crippen LogP) is 3.73. The van der Waals surface area contributed by atoms with Crippen molar-refractivity contribution in [2.45, 2.75) is 13.0 Å². The van der Waals surface area contributed by atoms with E-state index in [-0.39, 0.29) is 5.84 Å². The summed E-state index contributed by atoms with van der Waals surface area (Å²) >= 11 is 9.11. The maximum atomic E-state index is 11.9. The normalized spacial score (nSPS) is 12.6. The van der Waals surface area contributed by atoms with Crippen LogP contribution in [0.25, 0.3) is 0 Å². The van der Waals surface area contributed by atoms with Crippen LogP contribution in [0.3, 0.4) is 0 Å². The van der Waals surface area contributed by atoms with Gasteiger partial charge in [0.05, 0.1) is 0 Å². The molecule has 2 N–H and O–H groups in total. The van der Waals surface area contributed by atoms with Crippen molar-refractivity contribution in [3.63, 3.8) is 0 Å². The summed E-state index contributed by atoms with van der Waals surface area (Å²) in [6.07, 6.45) is -0.821. The summed E-state index contributed by atoms with van der Waals surface area (Å²) in [6.45, 7) is 1.57. The van der Waals surface area contributed by atoms with Gasteiger partial charge in [0.2, 0.25) is 0 Å². The number of nitrogens with two attached hydrogens (primary N) is 1. The second kappa shape index (κ2) is 7.99. The van der Waals surface area contributed by atoms with Crippen LogP contribution in [-0.4, -0.2) is 17.9 Å². The van der Waals surface area contributed by atoms with Gasteiger partial charge in [0.25, 0.3) is 0 Å². The quantitative estimate of drug-likeness (QED) is 0.361. The molecular formula is C16H14BrClN2O3. The zero-order chi connectivity index (χ0) is 16.8. The maximum absolute atomic E-state index is 11.9. The molecule has 0 aromatic heterocycles. The number of hydrogen-bond donors (Lipinski definition) is 1. The Bertz CT molecular complexity index is 702. The largest absolute Gasteiger partial charge is 0.479 e. The van der Waals surface area contributed by atoms with Crippen molar-refractivity contribution in [2.24, 2.45) is 10.9 Å². The molecule has 120 valence electrons. The third-order valence-electron chi connectivity index (χ3n) is 2.83. The fourth-order valence-corrected chi connectivity index (χ4v) is 2.00. The number of benzene rings is 2. The fourth-order valence-electron chi connectivity index (χ4n) is 1.61. The summed E-state index contributed by atoms with van der Waals surface area (Å²) in [5.41, 5.74) is 6.35. The lowest BCUT2D eigenvalue weighted by Gasteiger charge is -2.11. The van der Waals surface area contributed by atoms with Crippen LogP contribution >= 0.6 is 27.5 Å². The number of carbonyl (C=O) groups excluding carboxylic acids is 1. The second-order valence-corrected chi connectivity index (χ2v) is 5.96. The molecule has 0 aliphatic heterocycles. The van der Waals surface area contributed by atoms with E-state index in [4.69, 9.17) is 26.9 Å². The van der Waals surface area contributed by atoms with Gasteiger partial charge in [0, 0.05) is 15.1 Å². The van der Waals surface area contributed by atoms with Gasteiger partial charge in [-0.15, -0.1) is 0 Å². The van der Waals surface area contributed by atoms with Crippen molar-refractivity contribution in [3.05, 3.63) is 63.6 Å². The van der Waals surface area contributed by atoms with E-state index in [2.05, 4.69) is 21.1 Å². The van der Waals surface area contributed by atoms with Crippen molar-refractivity contribution < 1.29 is 14.4 Å². The Kier molecular flexibility index (Phi) is 6.01. The molecule has 1 atom stereocenters. The van der Waals surface area contributed by atoms with Crippen LogP contribution in [0.15, 0.2) is 58.2 Å². The minimum atomic E-state index is -0.821. The Morgan fingerprint density at radius 2 is 1.78 bits per heavy atom. The van der Waals surface area contributed by atoms with Gasteiger partial charge < -0.3 is 15.3 Å². The predicted molar refractivity (Wildman–Crippen MR) is 92.5 cm³/mol. The first-order valence-electron chi connectivity index (χ1n) is 6.68. The van der Waals surface area contributed by atoms with E-state index in [1.807, 2.05) is 12.1 Å². The highest BCUT2D eigenvalue weighted by atomic mass is 79.9. The van der Waals surface area contributed by atoms with Crippen molar-refractivity contribution in [1.29, 1.82) is 0 Å². The van der Waals surface area contributed by atoms with Crippen LogP contribution in [0.2, 0.25) is 5.02 Å². The van der Waals surface area contributed by atoms with Crippen LogP contribution in [0, 0.1) is 0 Å². The molecule has 23 heavy (non-hydrogen) atoms. The summed E-state index contributed by atoms with van der Waals surface area (Å²) in [7, 11) is 0. The molecule has 0 heterocycles. The van der Waals surface area contributed by atoms with E-state index in [0.29, 0.717) is 16.3 Å². The van der Waals surface area contributed by atoms with Crippen LogP contribution < -0.4 is 10.5 Å². The summed E-state index contributed by atoms with van der Waals surface area (Å²) in [5, 5.41) is 4.19. The van der Waals surface area contributed by atoms with E-state index >= 15 is 0 Å². The molecule has 0 fully saturated rings. The molecule has 7 heteroatoms. The van der Waals surface area contributed by atoms with Crippen molar-refractivity contribution in [1.82, 2.24) is 0 Å². The first-order valence-corrected chi connectivity index (χ1v) is 7.85. The molecular weight excluding hydrogens is 384 g/mol.